The van der Waals surface area contributed by atoms with Crippen LogP contribution >= 0.6 is 0 Å². The molecule has 2 amide bonds. The zero-order chi connectivity index (χ0) is 18.8. The van der Waals surface area contributed by atoms with Gasteiger partial charge in [0.25, 0.3) is 5.91 Å². The van der Waals surface area contributed by atoms with E-state index in [4.69, 9.17) is 0 Å². The Labute approximate surface area is 156 Å². The lowest BCUT2D eigenvalue weighted by molar-refractivity contribution is -0.120. The van der Waals surface area contributed by atoms with Gasteiger partial charge in [-0.1, -0.05) is 6.07 Å². The molecule has 0 bridgehead atoms. The maximum Gasteiger partial charge on any atom is 0.254 e. The van der Waals surface area contributed by atoms with E-state index >= 15 is 0 Å². The zero-order valence-electron chi connectivity index (χ0n) is 15.1. The van der Waals surface area contributed by atoms with Gasteiger partial charge in [-0.3, -0.25) is 14.6 Å². The van der Waals surface area contributed by atoms with E-state index in [0.29, 0.717) is 24.2 Å². The first-order valence-corrected chi connectivity index (χ1v) is 8.88. The third kappa shape index (κ3) is 2.19. The highest BCUT2D eigenvalue weighted by molar-refractivity contribution is 6.06. The van der Waals surface area contributed by atoms with Crippen molar-refractivity contribution in [3.63, 3.8) is 0 Å². The van der Waals surface area contributed by atoms with Crippen molar-refractivity contribution < 1.29 is 9.59 Å². The lowest BCUT2D eigenvalue weighted by Gasteiger charge is -2.20. The van der Waals surface area contributed by atoms with E-state index in [1.54, 1.807) is 26.5 Å². The maximum absolute atomic E-state index is 12.8. The summed E-state index contributed by atoms with van der Waals surface area (Å²) >= 11 is 0. The van der Waals surface area contributed by atoms with E-state index < -0.39 is 5.41 Å². The lowest BCUT2D eigenvalue weighted by Crippen LogP contribution is -2.35. The second-order valence-electron chi connectivity index (χ2n) is 7.53. The van der Waals surface area contributed by atoms with Crippen LogP contribution in [-0.2, 0) is 23.1 Å². The minimum Gasteiger partial charge on any atom is -0.345 e. The van der Waals surface area contributed by atoms with E-state index in [0.717, 1.165) is 27.6 Å². The fourth-order valence-corrected chi connectivity index (χ4v) is 4.28. The standard InChI is InChI=1S/C21H18N4O2/c1-25(2)19(26)15-7-12-6-13-9-21(10-14(13)8-17(12)23-11-15)16-4-3-5-22-18(16)24-20(21)27/h3-8,11H,9-10H2,1-2H3,(H,22,24,27)/t21-/m0/s1. The summed E-state index contributed by atoms with van der Waals surface area (Å²) in [5.74, 6) is 0.598. The second-order valence-corrected chi connectivity index (χ2v) is 7.53. The van der Waals surface area contributed by atoms with Crippen LogP contribution in [0.3, 0.4) is 0 Å². The normalized spacial score (nSPS) is 19.9. The molecular weight excluding hydrogens is 340 g/mol. The number of hydrogen-bond acceptors (Lipinski definition) is 4. The summed E-state index contributed by atoms with van der Waals surface area (Å²) in [4.78, 5) is 35.4. The Morgan fingerprint density at radius 3 is 2.70 bits per heavy atom. The Morgan fingerprint density at radius 1 is 1.15 bits per heavy atom. The summed E-state index contributed by atoms with van der Waals surface area (Å²) in [6, 6.07) is 9.85. The number of rotatable bonds is 1. The van der Waals surface area contributed by atoms with Crippen LogP contribution in [0.15, 0.2) is 42.7 Å². The highest BCUT2D eigenvalue weighted by Crippen LogP contribution is 2.47. The van der Waals surface area contributed by atoms with Gasteiger partial charge in [-0.05, 0) is 48.2 Å². The highest BCUT2D eigenvalue weighted by atomic mass is 16.2. The fraction of sp³-hybridized carbons (Fsp3) is 0.238. The molecule has 27 heavy (non-hydrogen) atoms. The Balaban J connectivity index is 1.61. The first-order valence-electron chi connectivity index (χ1n) is 8.88. The molecule has 2 aromatic heterocycles. The molecule has 0 saturated carbocycles. The molecule has 1 atom stereocenters. The summed E-state index contributed by atoms with van der Waals surface area (Å²) in [5, 5.41) is 3.85. The summed E-state index contributed by atoms with van der Waals surface area (Å²) in [6.07, 6.45) is 4.59. The predicted octanol–water partition coefficient (Wildman–Crippen LogP) is 2.32. The summed E-state index contributed by atoms with van der Waals surface area (Å²) in [5.41, 5.74) is 4.04. The largest absolute Gasteiger partial charge is 0.345 e. The molecule has 6 nitrogen and oxygen atoms in total. The first-order chi connectivity index (χ1) is 13.0. The average Bonchev–Trinajstić information content (AvgIpc) is 3.16. The molecule has 6 heteroatoms. The van der Waals surface area contributed by atoms with Crippen molar-refractivity contribution in [1.82, 2.24) is 14.9 Å². The number of anilines is 1. The van der Waals surface area contributed by atoms with E-state index in [1.165, 1.54) is 4.90 Å². The molecule has 1 N–H and O–H groups in total. The van der Waals surface area contributed by atoms with Gasteiger partial charge < -0.3 is 10.2 Å². The molecule has 2 aliphatic rings. The van der Waals surface area contributed by atoms with E-state index in [2.05, 4.69) is 21.4 Å². The minimum absolute atomic E-state index is 0.00731. The molecule has 1 aliphatic heterocycles. The fourth-order valence-electron chi connectivity index (χ4n) is 4.28. The van der Waals surface area contributed by atoms with Crippen LogP contribution in [-0.4, -0.2) is 40.8 Å². The number of nitrogens with zero attached hydrogens (tertiary/aromatic N) is 3. The quantitative estimate of drug-likeness (QED) is 0.724. The summed E-state index contributed by atoms with van der Waals surface area (Å²) in [6.45, 7) is 0. The van der Waals surface area contributed by atoms with Gasteiger partial charge in [-0.15, -0.1) is 0 Å². The van der Waals surface area contributed by atoms with Gasteiger partial charge in [0.2, 0.25) is 5.91 Å². The molecule has 1 spiro atoms. The van der Waals surface area contributed by atoms with Gasteiger partial charge >= 0.3 is 0 Å². The van der Waals surface area contributed by atoms with Gasteiger partial charge in [0.05, 0.1) is 16.5 Å². The Bertz CT molecular complexity index is 1140. The van der Waals surface area contributed by atoms with Crippen molar-refractivity contribution >= 4 is 28.5 Å². The van der Waals surface area contributed by atoms with E-state index in [-0.39, 0.29) is 11.8 Å². The number of aromatic nitrogens is 2. The smallest absolute Gasteiger partial charge is 0.254 e. The third-order valence-electron chi connectivity index (χ3n) is 5.63. The van der Waals surface area contributed by atoms with Crippen LogP contribution in [0.25, 0.3) is 10.9 Å². The number of amides is 2. The van der Waals surface area contributed by atoms with Crippen LogP contribution < -0.4 is 5.32 Å². The van der Waals surface area contributed by atoms with Gasteiger partial charge in [0, 0.05) is 37.4 Å². The SMILES string of the molecule is CN(C)C(=O)c1cnc2cc3c(cc2c1)C[C@@]1(C3)C(=O)Nc2ncccc21. The number of hydrogen-bond donors (Lipinski definition) is 1. The van der Waals surface area contributed by atoms with Crippen LogP contribution in [0.1, 0.15) is 27.0 Å². The summed E-state index contributed by atoms with van der Waals surface area (Å²) < 4.78 is 0. The number of pyridine rings is 2. The van der Waals surface area contributed by atoms with Crippen LogP contribution in [0.4, 0.5) is 5.82 Å². The average molecular weight is 358 g/mol. The predicted molar refractivity (Wildman–Crippen MR) is 102 cm³/mol. The molecule has 3 aromatic rings. The van der Waals surface area contributed by atoms with Gasteiger partial charge in [0.15, 0.2) is 0 Å². The van der Waals surface area contributed by atoms with Crippen LogP contribution in [0, 0.1) is 0 Å². The molecule has 1 aromatic carbocycles. The van der Waals surface area contributed by atoms with Crippen molar-refractivity contribution in [1.29, 1.82) is 0 Å². The second kappa shape index (κ2) is 5.36. The Hall–Kier alpha value is -3.28. The molecule has 1 aliphatic carbocycles. The van der Waals surface area contributed by atoms with Crippen molar-refractivity contribution in [2.75, 3.05) is 19.4 Å². The van der Waals surface area contributed by atoms with E-state index in [1.807, 2.05) is 24.3 Å². The van der Waals surface area contributed by atoms with Crippen molar-refractivity contribution in [3.8, 4) is 0 Å². The monoisotopic (exact) mass is 358 g/mol. The van der Waals surface area contributed by atoms with Crippen molar-refractivity contribution in [2.45, 2.75) is 18.3 Å². The third-order valence-corrected chi connectivity index (χ3v) is 5.63. The molecular formula is C21H18N4O2. The highest BCUT2D eigenvalue weighted by Gasteiger charge is 2.51. The number of carbonyl (C=O) groups excluding carboxylic acids is 2. The van der Waals surface area contributed by atoms with Crippen molar-refractivity contribution in [3.05, 3.63) is 65.0 Å². The topological polar surface area (TPSA) is 75.2 Å². The van der Waals surface area contributed by atoms with Crippen LogP contribution in [0.5, 0.6) is 0 Å². The lowest BCUT2D eigenvalue weighted by atomic mass is 9.79. The maximum atomic E-state index is 12.8. The minimum atomic E-state index is -0.592. The zero-order valence-corrected chi connectivity index (χ0v) is 15.1. The van der Waals surface area contributed by atoms with Crippen molar-refractivity contribution in [2.24, 2.45) is 0 Å². The number of nitrogens with one attached hydrogen (secondary N) is 1. The van der Waals surface area contributed by atoms with Crippen LogP contribution in [0.2, 0.25) is 0 Å². The molecule has 134 valence electrons. The first kappa shape index (κ1) is 15.9. The van der Waals surface area contributed by atoms with Gasteiger partial charge in [-0.25, -0.2) is 4.98 Å². The number of fused-ring (bicyclic) bond motifs is 4. The molecule has 0 saturated heterocycles. The molecule has 0 unspecified atom stereocenters. The number of carbonyl (C=O) groups is 2. The Morgan fingerprint density at radius 2 is 1.93 bits per heavy atom. The molecule has 5 rings (SSSR count). The Kier molecular flexibility index (Phi) is 3.16. The van der Waals surface area contributed by atoms with E-state index in [9.17, 15) is 9.59 Å². The molecule has 3 heterocycles. The molecule has 0 fully saturated rings. The van der Waals surface area contributed by atoms with Gasteiger partial charge in [0.1, 0.15) is 5.82 Å². The van der Waals surface area contributed by atoms with Gasteiger partial charge in [-0.2, -0.15) is 0 Å². The molecule has 0 radical (unpaired) electrons. The number of benzene rings is 1. The summed E-state index contributed by atoms with van der Waals surface area (Å²) in [7, 11) is 3.45.